The lowest BCUT2D eigenvalue weighted by Gasteiger charge is -2.19. The third-order valence-corrected chi connectivity index (χ3v) is 5.72. The minimum absolute atomic E-state index is 0.0201. The van der Waals surface area contributed by atoms with E-state index in [1.807, 2.05) is 6.07 Å². The van der Waals surface area contributed by atoms with E-state index in [9.17, 15) is 4.39 Å². The van der Waals surface area contributed by atoms with Gasteiger partial charge in [-0.15, -0.1) is 10.2 Å². The molecule has 1 aliphatic heterocycles. The van der Waals surface area contributed by atoms with E-state index in [0.717, 1.165) is 36.6 Å². The highest BCUT2D eigenvalue weighted by Crippen LogP contribution is 2.42. The first-order valence-electron chi connectivity index (χ1n) is 8.54. The topological polar surface area (TPSA) is 39.9 Å². The van der Waals surface area contributed by atoms with Crippen LogP contribution >= 0.6 is 11.8 Å². The monoisotopic (exact) mass is 347 g/mol. The standard InChI is InChI=1S/C18H22FN3OS/c1-18(2)10-9-13(23-18)11-24-17-21-20-16(22(17)12-7-8-12)14-5-3-4-6-15(14)19/h3-6,12-13H,7-11H2,1-2H3/t13-/m0/s1. The Morgan fingerprint density at radius 3 is 2.71 bits per heavy atom. The van der Waals surface area contributed by atoms with Gasteiger partial charge < -0.3 is 4.74 Å². The molecule has 0 bridgehead atoms. The summed E-state index contributed by atoms with van der Waals surface area (Å²) in [6.07, 6.45) is 4.65. The molecule has 1 aliphatic carbocycles. The van der Waals surface area contributed by atoms with Crippen LogP contribution in [-0.2, 0) is 4.74 Å². The normalized spacial score (nSPS) is 22.9. The van der Waals surface area contributed by atoms with Crippen molar-refractivity contribution in [3.8, 4) is 11.4 Å². The Bertz CT molecular complexity index is 742. The molecule has 0 unspecified atom stereocenters. The second-order valence-corrected chi connectivity index (χ2v) is 8.22. The lowest BCUT2D eigenvalue weighted by atomic mass is 10.1. The van der Waals surface area contributed by atoms with Crippen molar-refractivity contribution in [1.82, 2.24) is 14.8 Å². The average Bonchev–Trinajstić information content (AvgIpc) is 3.20. The first kappa shape index (κ1) is 16.1. The molecule has 1 aromatic carbocycles. The second kappa shape index (κ2) is 6.15. The number of hydrogen-bond acceptors (Lipinski definition) is 4. The van der Waals surface area contributed by atoms with E-state index in [2.05, 4.69) is 28.6 Å². The van der Waals surface area contributed by atoms with Crippen LogP contribution in [0.4, 0.5) is 4.39 Å². The third-order valence-electron chi connectivity index (χ3n) is 4.64. The second-order valence-electron chi connectivity index (χ2n) is 7.24. The largest absolute Gasteiger partial charge is 0.371 e. The molecule has 2 heterocycles. The van der Waals surface area contributed by atoms with E-state index in [-0.39, 0.29) is 17.5 Å². The van der Waals surface area contributed by atoms with Crippen LogP contribution in [-0.4, -0.2) is 32.2 Å². The summed E-state index contributed by atoms with van der Waals surface area (Å²) in [5.41, 5.74) is 0.510. The van der Waals surface area contributed by atoms with E-state index in [1.165, 1.54) is 6.07 Å². The van der Waals surface area contributed by atoms with Crippen molar-refractivity contribution in [2.24, 2.45) is 0 Å². The van der Waals surface area contributed by atoms with E-state index in [4.69, 9.17) is 4.74 Å². The number of hydrogen-bond donors (Lipinski definition) is 0. The summed E-state index contributed by atoms with van der Waals surface area (Å²) >= 11 is 1.68. The van der Waals surface area contributed by atoms with E-state index in [0.29, 0.717) is 17.4 Å². The van der Waals surface area contributed by atoms with Gasteiger partial charge in [0.1, 0.15) is 5.82 Å². The van der Waals surface area contributed by atoms with Crippen LogP contribution < -0.4 is 0 Å². The number of rotatable bonds is 5. The van der Waals surface area contributed by atoms with Gasteiger partial charge in [0, 0.05) is 11.8 Å². The third kappa shape index (κ3) is 3.22. The highest BCUT2D eigenvalue weighted by molar-refractivity contribution is 7.99. The predicted molar refractivity (Wildman–Crippen MR) is 92.6 cm³/mol. The molecular weight excluding hydrogens is 325 g/mol. The van der Waals surface area contributed by atoms with Crippen molar-refractivity contribution >= 4 is 11.8 Å². The van der Waals surface area contributed by atoms with Crippen LogP contribution in [0, 0.1) is 5.82 Å². The zero-order valence-corrected chi connectivity index (χ0v) is 14.9. The smallest absolute Gasteiger partial charge is 0.191 e. The molecule has 1 atom stereocenters. The van der Waals surface area contributed by atoms with Crippen LogP contribution in [0.1, 0.15) is 45.6 Å². The molecule has 6 heteroatoms. The summed E-state index contributed by atoms with van der Waals surface area (Å²) in [5.74, 6) is 1.26. The van der Waals surface area contributed by atoms with Crippen LogP contribution in [0.15, 0.2) is 29.4 Å². The maximum Gasteiger partial charge on any atom is 0.191 e. The summed E-state index contributed by atoms with van der Waals surface area (Å²) in [5, 5.41) is 9.52. The first-order chi connectivity index (χ1) is 11.5. The number of nitrogens with zero attached hydrogens (tertiary/aromatic N) is 3. The Hall–Kier alpha value is -1.40. The maximum absolute atomic E-state index is 14.2. The minimum Gasteiger partial charge on any atom is -0.371 e. The first-order valence-corrected chi connectivity index (χ1v) is 9.52. The summed E-state index contributed by atoms with van der Waals surface area (Å²) in [4.78, 5) is 0. The molecule has 4 nitrogen and oxygen atoms in total. The molecule has 0 radical (unpaired) electrons. The number of halogens is 1. The van der Waals surface area contributed by atoms with Crippen molar-refractivity contribution in [3.63, 3.8) is 0 Å². The molecule has 0 N–H and O–H groups in total. The molecule has 0 amide bonds. The van der Waals surface area contributed by atoms with Crippen molar-refractivity contribution < 1.29 is 9.13 Å². The van der Waals surface area contributed by atoms with Gasteiger partial charge in [-0.1, -0.05) is 23.9 Å². The number of ether oxygens (including phenoxy) is 1. The zero-order chi connectivity index (χ0) is 16.7. The minimum atomic E-state index is -0.246. The Morgan fingerprint density at radius 2 is 2.04 bits per heavy atom. The van der Waals surface area contributed by atoms with Crippen LogP contribution in [0.2, 0.25) is 0 Å². The molecule has 4 rings (SSSR count). The SMILES string of the molecule is CC1(C)CC[C@@H](CSc2nnc(-c3ccccc3F)n2C2CC2)O1. The zero-order valence-electron chi connectivity index (χ0n) is 14.0. The van der Waals surface area contributed by atoms with Crippen LogP contribution in [0.5, 0.6) is 0 Å². The van der Waals surface area contributed by atoms with E-state index < -0.39 is 0 Å². The summed E-state index contributed by atoms with van der Waals surface area (Å²) < 4.78 is 22.3. The van der Waals surface area contributed by atoms with Gasteiger partial charge in [-0.2, -0.15) is 0 Å². The van der Waals surface area contributed by atoms with Crippen LogP contribution in [0.3, 0.4) is 0 Å². The quantitative estimate of drug-likeness (QED) is 0.748. The van der Waals surface area contributed by atoms with Crippen molar-refractivity contribution in [2.75, 3.05) is 5.75 Å². The van der Waals surface area contributed by atoms with Gasteiger partial charge in [0.05, 0.1) is 17.3 Å². The number of thioether (sulfide) groups is 1. The number of benzene rings is 1. The molecule has 1 saturated heterocycles. The Morgan fingerprint density at radius 1 is 1.25 bits per heavy atom. The van der Waals surface area contributed by atoms with Gasteiger partial charge in [-0.25, -0.2) is 4.39 Å². The maximum atomic E-state index is 14.2. The van der Waals surface area contributed by atoms with Gasteiger partial charge in [-0.3, -0.25) is 4.57 Å². The Labute approximate surface area is 145 Å². The summed E-state index contributed by atoms with van der Waals surface area (Å²) in [6.45, 7) is 4.28. The van der Waals surface area contributed by atoms with Gasteiger partial charge >= 0.3 is 0 Å². The van der Waals surface area contributed by atoms with Gasteiger partial charge in [0.15, 0.2) is 11.0 Å². The number of aromatic nitrogens is 3. The van der Waals surface area contributed by atoms with Crippen molar-refractivity contribution in [2.45, 2.75) is 62.4 Å². The summed E-state index contributed by atoms with van der Waals surface area (Å²) in [7, 11) is 0. The molecular formula is C18H22FN3OS. The summed E-state index contributed by atoms with van der Waals surface area (Å²) in [6, 6.07) is 7.19. The average molecular weight is 347 g/mol. The lowest BCUT2D eigenvalue weighted by Crippen LogP contribution is -2.21. The molecule has 24 heavy (non-hydrogen) atoms. The molecule has 2 fully saturated rings. The predicted octanol–water partition coefficient (Wildman–Crippen LogP) is 4.47. The lowest BCUT2D eigenvalue weighted by molar-refractivity contribution is -0.00469. The van der Waals surface area contributed by atoms with Gasteiger partial charge in [-0.05, 0) is 51.7 Å². The molecule has 128 valence electrons. The fourth-order valence-electron chi connectivity index (χ4n) is 3.23. The van der Waals surface area contributed by atoms with Crippen molar-refractivity contribution in [1.29, 1.82) is 0 Å². The molecule has 2 aliphatic rings. The highest BCUT2D eigenvalue weighted by atomic mass is 32.2. The fourth-order valence-corrected chi connectivity index (χ4v) is 4.27. The van der Waals surface area contributed by atoms with Gasteiger partial charge in [0.2, 0.25) is 0 Å². The molecule has 1 aromatic heterocycles. The molecule has 0 spiro atoms. The molecule has 1 saturated carbocycles. The fraction of sp³-hybridized carbons (Fsp3) is 0.556. The van der Waals surface area contributed by atoms with E-state index in [1.54, 1.807) is 23.9 Å². The highest BCUT2D eigenvalue weighted by Gasteiger charge is 2.34. The Kier molecular flexibility index (Phi) is 4.12. The van der Waals surface area contributed by atoms with Crippen molar-refractivity contribution in [3.05, 3.63) is 30.1 Å². The van der Waals surface area contributed by atoms with Crippen LogP contribution in [0.25, 0.3) is 11.4 Å². The van der Waals surface area contributed by atoms with Gasteiger partial charge in [0.25, 0.3) is 0 Å². The molecule has 2 aromatic rings. The Balaban J connectivity index is 1.55. The van der Waals surface area contributed by atoms with E-state index >= 15 is 0 Å².